The van der Waals surface area contributed by atoms with Crippen LogP contribution in [0.15, 0.2) is 46.2 Å². The summed E-state index contributed by atoms with van der Waals surface area (Å²) < 4.78 is 24.1. The number of nitrogens with zero attached hydrogens (tertiary/aromatic N) is 1. The Hall–Kier alpha value is -2.15. The SMILES string of the molecule is Cc1ccc(S(=O)(=O)CNc2ccnc(=O)[nH]2)cc1. The van der Waals surface area contributed by atoms with Gasteiger partial charge in [-0.15, -0.1) is 0 Å². The normalized spacial score (nSPS) is 11.2. The number of anilines is 1. The van der Waals surface area contributed by atoms with E-state index >= 15 is 0 Å². The summed E-state index contributed by atoms with van der Waals surface area (Å²) in [6.07, 6.45) is 1.31. The maximum atomic E-state index is 12.0. The molecule has 19 heavy (non-hydrogen) atoms. The van der Waals surface area contributed by atoms with Gasteiger partial charge >= 0.3 is 5.69 Å². The average molecular weight is 279 g/mol. The molecule has 1 aromatic heterocycles. The molecule has 0 aliphatic rings. The highest BCUT2D eigenvalue weighted by molar-refractivity contribution is 7.91. The third kappa shape index (κ3) is 3.41. The minimum Gasteiger partial charge on any atom is -0.357 e. The highest BCUT2D eigenvalue weighted by atomic mass is 32.2. The van der Waals surface area contributed by atoms with Crippen LogP contribution in [0.3, 0.4) is 0 Å². The number of H-pyrrole nitrogens is 1. The molecule has 0 saturated carbocycles. The van der Waals surface area contributed by atoms with Gasteiger partial charge in [0, 0.05) is 6.20 Å². The van der Waals surface area contributed by atoms with Crippen molar-refractivity contribution in [3.05, 3.63) is 52.6 Å². The highest BCUT2D eigenvalue weighted by Gasteiger charge is 2.13. The minimum absolute atomic E-state index is 0.238. The molecule has 0 radical (unpaired) electrons. The second-order valence-electron chi connectivity index (χ2n) is 4.04. The molecule has 0 fully saturated rings. The number of aromatic nitrogens is 2. The van der Waals surface area contributed by atoms with Crippen LogP contribution >= 0.6 is 0 Å². The fraction of sp³-hybridized carbons (Fsp3) is 0.167. The first kappa shape index (κ1) is 13.3. The smallest absolute Gasteiger partial charge is 0.346 e. The number of nitrogens with one attached hydrogen (secondary N) is 2. The number of hydrogen-bond donors (Lipinski definition) is 2. The van der Waals surface area contributed by atoms with Gasteiger partial charge in [-0.25, -0.2) is 18.2 Å². The Balaban J connectivity index is 2.14. The van der Waals surface area contributed by atoms with Crippen LogP contribution in [0, 0.1) is 6.92 Å². The van der Waals surface area contributed by atoms with Crippen molar-refractivity contribution in [2.24, 2.45) is 0 Å². The van der Waals surface area contributed by atoms with E-state index in [1.54, 1.807) is 24.3 Å². The molecule has 0 unspecified atom stereocenters. The van der Waals surface area contributed by atoms with E-state index in [-0.39, 0.29) is 10.8 Å². The topological polar surface area (TPSA) is 91.9 Å². The monoisotopic (exact) mass is 279 g/mol. The molecular formula is C12H13N3O3S. The van der Waals surface area contributed by atoms with Crippen LogP contribution in [0.4, 0.5) is 5.82 Å². The van der Waals surface area contributed by atoms with Crippen LogP contribution < -0.4 is 11.0 Å². The van der Waals surface area contributed by atoms with Crippen molar-refractivity contribution < 1.29 is 8.42 Å². The molecule has 0 spiro atoms. The summed E-state index contributed by atoms with van der Waals surface area (Å²) in [7, 11) is -3.44. The first-order valence-electron chi connectivity index (χ1n) is 5.56. The van der Waals surface area contributed by atoms with Crippen LogP contribution in [0.1, 0.15) is 5.56 Å². The number of rotatable bonds is 4. The van der Waals surface area contributed by atoms with Crippen LogP contribution in [0.5, 0.6) is 0 Å². The van der Waals surface area contributed by atoms with Gasteiger partial charge in [0.1, 0.15) is 11.7 Å². The fourth-order valence-electron chi connectivity index (χ4n) is 1.47. The van der Waals surface area contributed by atoms with Crippen LogP contribution in [0.25, 0.3) is 0 Å². The molecular weight excluding hydrogens is 266 g/mol. The third-order valence-corrected chi connectivity index (χ3v) is 4.02. The van der Waals surface area contributed by atoms with E-state index in [1.165, 1.54) is 12.3 Å². The number of sulfone groups is 1. The van der Waals surface area contributed by atoms with Crippen molar-refractivity contribution in [3.63, 3.8) is 0 Å². The van der Waals surface area contributed by atoms with Crippen LogP contribution in [0.2, 0.25) is 0 Å². The van der Waals surface area contributed by atoms with E-state index in [1.807, 2.05) is 6.92 Å². The van der Waals surface area contributed by atoms with Gasteiger partial charge in [0.05, 0.1) is 4.90 Å². The molecule has 2 aromatic rings. The van der Waals surface area contributed by atoms with E-state index in [0.29, 0.717) is 5.82 Å². The Morgan fingerprint density at radius 2 is 1.89 bits per heavy atom. The molecule has 0 saturated heterocycles. The van der Waals surface area contributed by atoms with E-state index in [2.05, 4.69) is 15.3 Å². The van der Waals surface area contributed by atoms with Gasteiger partial charge in [-0.2, -0.15) is 0 Å². The predicted octanol–water partition coefficient (Wildman–Crippen LogP) is 0.922. The minimum atomic E-state index is -3.44. The zero-order chi connectivity index (χ0) is 13.9. The molecule has 2 rings (SSSR count). The summed E-state index contributed by atoms with van der Waals surface area (Å²) in [5, 5.41) is 2.66. The summed E-state index contributed by atoms with van der Waals surface area (Å²) in [4.78, 5) is 17.1. The van der Waals surface area contributed by atoms with E-state index in [4.69, 9.17) is 0 Å². The van der Waals surface area contributed by atoms with E-state index in [9.17, 15) is 13.2 Å². The van der Waals surface area contributed by atoms with Crippen molar-refractivity contribution in [2.45, 2.75) is 11.8 Å². The Kier molecular flexibility index (Phi) is 3.66. The predicted molar refractivity (Wildman–Crippen MR) is 71.7 cm³/mol. The van der Waals surface area contributed by atoms with Crippen LogP contribution in [-0.2, 0) is 9.84 Å². The molecule has 0 aliphatic heterocycles. The molecule has 100 valence electrons. The Morgan fingerprint density at radius 1 is 1.21 bits per heavy atom. The van der Waals surface area contributed by atoms with Gasteiger partial charge in [0.25, 0.3) is 0 Å². The lowest BCUT2D eigenvalue weighted by molar-refractivity contribution is 0.597. The molecule has 1 aromatic carbocycles. The average Bonchev–Trinajstić information content (AvgIpc) is 2.37. The van der Waals surface area contributed by atoms with E-state index < -0.39 is 15.5 Å². The molecule has 2 N–H and O–H groups in total. The molecule has 0 bridgehead atoms. The quantitative estimate of drug-likeness (QED) is 0.868. The summed E-state index contributed by atoms with van der Waals surface area (Å²) >= 11 is 0. The van der Waals surface area contributed by atoms with Gasteiger partial charge in [0.15, 0.2) is 9.84 Å². The summed E-state index contributed by atoms with van der Waals surface area (Å²) in [6.45, 7) is 1.89. The highest BCUT2D eigenvalue weighted by Crippen LogP contribution is 2.12. The lowest BCUT2D eigenvalue weighted by atomic mass is 10.2. The molecule has 0 aliphatic carbocycles. The van der Waals surface area contributed by atoms with Gasteiger partial charge < -0.3 is 5.32 Å². The standard InChI is InChI=1S/C12H13N3O3S/c1-9-2-4-10(5-3-9)19(17,18)8-14-11-6-7-13-12(16)15-11/h2-7H,8H2,1H3,(H2,13,14,15,16). The van der Waals surface area contributed by atoms with Crippen molar-refractivity contribution in [1.82, 2.24) is 9.97 Å². The van der Waals surface area contributed by atoms with Crippen LogP contribution in [-0.4, -0.2) is 24.3 Å². The zero-order valence-electron chi connectivity index (χ0n) is 10.3. The third-order valence-electron chi connectivity index (χ3n) is 2.51. The van der Waals surface area contributed by atoms with Gasteiger partial charge in [-0.1, -0.05) is 17.7 Å². The van der Waals surface area contributed by atoms with Gasteiger partial charge in [-0.05, 0) is 25.1 Å². The number of benzene rings is 1. The van der Waals surface area contributed by atoms with E-state index in [0.717, 1.165) is 5.56 Å². The summed E-state index contributed by atoms with van der Waals surface area (Å²) in [5.74, 6) is 0.0198. The first-order valence-corrected chi connectivity index (χ1v) is 7.21. The second-order valence-corrected chi connectivity index (χ2v) is 6.03. The molecule has 0 amide bonds. The van der Waals surface area contributed by atoms with Crippen molar-refractivity contribution in [1.29, 1.82) is 0 Å². The van der Waals surface area contributed by atoms with Crippen molar-refractivity contribution >= 4 is 15.7 Å². The lowest BCUT2D eigenvalue weighted by Crippen LogP contribution is -2.18. The second kappa shape index (κ2) is 5.23. The Labute approximate surface area is 110 Å². The Morgan fingerprint density at radius 3 is 2.53 bits per heavy atom. The number of hydrogen-bond acceptors (Lipinski definition) is 5. The van der Waals surface area contributed by atoms with Gasteiger partial charge in [-0.3, -0.25) is 4.98 Å². The van der Waals surface area contributed by atoms with Crippen molar-refractivity contribution in [2.75, 3.05) is 11.2 Å². The number of aromatic amines is 1. The fourth-order valence-corrected chi connectivity index (χ4v) is 2.54. The molecule has 1 heterocycles. The summed E-state index contributed by atoms with van der Waals surface area (Å²) in [5.41, 5.74) is 0.461. The summed E-state index contributed by atoms with van der Waals surface area (Å²) in [6, 6.07) is 8.08. The molecule has 7 heteroatoms. The Bertz CT molecular complexity index is 720. The number of aryl methyl sites for hydroxylation is 1. The largest absolute Gasteiger partial charge is 0.357 e. The maximum Gasteiger partial charge on any atom is 0.346 e. The lowest BCUT2D eigenvalue weighted by Gasteiger charge is -2.07. The maximum absolute atomic E-state index is 12.0. The first-order chi connectivity index (χ1) is 8.97. The molecule has 6 nitrogen and oxygen atoms in total. The van der Waals surface area contributed by atoms with Crippen molar-refractivity contribution in [3.8, 4) is 0 Å². The molecule has 0 atom stereocenters. The van der Waals surface area contributed by atoms with Gasteiger partial charge in [0.2, 0.25) is 0 Å². The zero-order valence-corrected chi connectivity index (χ0v) is 11.1.